The fraction of sp³-hybridized carbons (Fsp3) is 0.556. The van der Waals surface area contributed by atoms with E-state index in [2.05, 4.69) is 4.74 Å². The van der Waals surface area contributed by atoms with Crippen molar-refractivity contribution in [3.8, 4) is 0 Å². The molecule has 5 nitrogen and oxygen atoms in total. The highest BCUT2D eigenvalue weighted by Gasteiger charge is 2.23. The summed E-state index contributed by atoms with van der Waals surface area (Å²) < 4.78 is 10.3. The Morgan fingerprint density at radius 1 is 1.26 bits per heavy atom. The Balaban J connectivity index is 1.87. The number of amides is 1. The Hall–Kier alpha value is -1.88. The zero-order valence-electron chi connectivity index (χ0n) is 13.7. The molecule has 5 heteroatoms. The molecule has 23 heavy (non-hydrogen) atoms. The molecule has 126 valence electrons. The number of carbonyl (C=O) groups is 2. The molecule has 1 aromatic carbocycles. The summed E-state index contributed by atoms with van der Waals surface area (Å²) in [5.74, 6) is -0.230. The van der Waals surface area contributed by atoms with Gasteiger partial charge in [-0.15, -0.1) is 0 Å². The monoisotopic (exact) mass is 319 g/mol. The number of aryl methyl sites for hydroxylation is 1. The molecule has 0 saturated carbocycles. The molecule has 1 amide bonds. The number of hydrogen-bond donors (Lipinski definition) is 0. The second kappa shape index (κ2) is 9.30. The maximum atomic E-state index is 12.5. The van der Waals surface area contributed by atoms with E-state index in [-0.39, 0.29) is 24.4 Å². The van der Waals surface area contributed by atoms with Gasteiger partial charge in [-0.3, -0.25) is 9.59 Å². The highest BCUT2D eigenvalue weighted by Crippen LogP contribution is 2.15. The maximum absolute atomic E-state index is 12.5. The van der Waals surface area contributed by atoms with Crippen molar-refractivity contribution in [2.75, 3.05) is 26.8 Å². The van der Waals surface area contributed by atoms with Crippen molar-refractivity contribution in [2.24, 2.45) is 0 Å². The second-order valence-corrected chi connectivity index (χ2v) is 5.79. The van der Waals surface area contributed by atoms with Crippen LogP contribution in [0.25, 0.3) is 0 Å². The van der Waals surface area contributed by atoms with Crippen LogP contribution in [0.15, 0.2) is 30.3 Å². The van der Waals surface area contributed by atoms with Crippen LogP contribution in [0.2, 0.25) is 0 Å². The highest BCUT2D eigenvalue weighted by atomic mass is 16.5. The summed E-state index contributed by atoms with van der Waals surface area (Å²) in [5, 5.41) is 0. The first-order chi connectivity index (χ1) is 11.2. The molecule has 1 saturated heterocycles. The first-order valence-corrected chi connectivity index (χ1v) is 8.19. The molecule has 1 aliphatic heterocycles. The van der Waals surface area contributed by atoms with Crippen LogP contribution >= 0.6 is 0 Å². The standard InChI is InChI=1S/C18H25NO4/c1-22-18(21)11-12-19(14-16-8-5-13-23-16)17(20)10-9-15-6-3-2-4-7-15/h2-4,6-7,16H,5,8-14H2,1H3. The van der Waals surface area contributed by atoms with Gasteiger partial charge in [0, 0.05) is 26.1 Å². The van der Waals surface area contributed by atoms with Crippen LogP contribution in [0, 0.1) is 0 Å². The average molecular weight is 319 g/mol. The average Bonchev–Trinajstić information content (AvgIpc) is 3.10. The predicted molar refractivity (Wildman–Crippen MR) is 87.0 cm³/mol. The fourth-order valence-electron chi connectivity index (χ4n) is 2.73. The molecule has 0 aromatic heterocycles. The molecule has 0 N–H and O–H groups in total. The maximum Gasteiger partial charge on any atom is 0.307 e. The van der Waals surface area contributed by atoms with E-state index in [0.29, 0.717) is 25.9 Å². The van der Waals surface area contributed by atoms with Gasteiger partial charge in [0.25, 0.3) is 0 Å². The second-order valence-electron chi connectivity index (χ2n) is 5.79. The Bertz CT molecular complexity index is 497. The van der Waals surface area contributed by atoms with E-state index in [1.807, 2.05) is 30.3 Å². The summed E-state index contributed by atoms with van der Waals surface area (Å²) in [6.07, 6.45) is 3.47. The highest BCUT2D eigenvalue weighted by molar-refractivity contribution is 5.77. The van der Waals surface area contributed by atoms with Crippen LogP contribution < -0.4 is 0 Å². The van der Waals surface area contributed by atoms with Gasteiger partial charge in [-0.2, -0.15) is 0 Å². The summed E-state index contributed by atoms with van der Waals surface area (Å²) in [7, 11) is 1.37. The zero-order valence-corrected chi connectivity index (χ0v) is 13.7. The quantitative estimate of drug-likeness (QED) is 0.689. The zero-order chi connectivity index (χ0) is 16.5. The molecule has 1 aliphatic rings. The van der Waals surface area contributed by atoms with Gasteiger partial charge in [-0.25, -0.2) is 0 Å². The lowest BCUT2D eigenvalue weighted by Gasteiger charge is -2.25. The fourth-order valence-corrected chi connectivity index (χ4v) is 2.73. The van der Waals surface area contributed by atoms with Gasteiger partial charge in [-0.05, 0) is 24.8 Å². The van der Waals surface area contributed by atoms with Crippen LogP contribution in [0.3, 0.4) is 0 Å². The summed E-state index contributed by atoms with van der Waals surface area (Å²) in [4.78, 5) is 25.6. The van der Waals surface area contributed by atoms with E-state index >= 15 is 0 Å². The van der Waals surface area contributed by atoms with Crippen molar-refractivity contribution in [1.29, 1.82) is 0 Å². The SMILES string of the molecule is COC(=O)CCN(CC1CCCO1)C(=O)CCc1ccccc1. The summed E-state index contributed by atoms with van der Waals surface area (Å²) in [6.45, 7) is 1.71. The Labute approximate surface area is 137 Å². The molecular formula is C18H25NO4. The summed E-state index contributed by atoms with van der Waals surface area (Å²) in [5.41, 5.74) is 1.14. The molecule has 1 aromatic rings. The molecule has 2 rings (SSSR count). The van der Waals surface area contributed by atoms with E-state index in [4.69, 9.17) is 4.74 Å². The third-order valence-electron chi connectivity index (χ3n) is 4.08. The number of hydrogen-bond acceptors (Lipinski definition) is 4. The number of esters is 1. The number of rotatable bonds is 8. The molecule has 1 atom stereocenters. The van der Waals surface area contributed by atoms with Gasteiger partial charge >= 0.3 is 5.97 Å². The van der Waals surface area contributed by atoms with Gasteiger partial charge in [0.2, 0.25) is 5.91 Å². The van der Waals surface area contributed by atoms with E-state index in [0.717, 1.165) is 25.0 Å². The van der Waals surface area contributed by atoms with Gasteiger partial charge in [-0.1, -0.05) is 30.3 Å². The number of ether oxygens (including phenoxy) is 2. The molecule has 1 unspecified atom stereocenters. The molecular weight excluding hydrogens is 294 g/mol. The lowest BCUT2D eigenvalue weighted by molar-refractivity contribution is -0.142. The smallest absolute Gasteiger partial charge is 0.307 e. The minimum absolute atomic E-state index is 0.0632. The largest absolute Gasteiger partial charge is 0.469 e. The van der Waals surface area contributed by atoms with Gasteiger partial charge < -0.3 is 14.4 Å². The van der Waals surface area contributed by atoms with Crippen molar-refractivity contribution < 1.29 is 19.1 Å². The third-order valence-corrected chi connectivity index (χ3v) is 4.08. The van der Waals surface area contributed by atoms with E-state index in [9.17, 15) is 9.59 Å². The molecule has 1 heterocycles. The summed E-state index contributed by atoms with van der Waals surface area (Å²) in [6, 6.07) is 9.95. The Morgan fingerprint density at radius 3 is 2.70 bits per heavy atom. The van der Waals surface area contributed by atoms with Crippen molar-refractivity contribution in [3.05, 3.63) is 35.9 Å². The Morgan fingerprint density at radius 2 is 2.04 bits per heavy atom. The van der Waals surface area contributed by atoms with Crippen LogP contribution in [-0.2, 0) is 25.5 Å². The predicted octanol–water partition coefficient (Wildman–Crippen LogP) is 2.19. The van der Waals surface area contributed by atoms with Crippen molar-refractivity contribution in [1.82, 2.24) is 4.90 Å². The molecule has 0 bridgehead atoms. The topological polar surface area (TPSA) is 55.8 Å². The third kappa shape index (κ3) is 6.02. The van der Waals surface area contributed by atoms with Crippen molar-refractivity contribution in [3.63, 3.8) is 0 Å². The van der Waals surface area contributed by atoms with Crippen LogP contribution in [-0.4, -0.2) is 49.7 Å². The van der Waals surface area contributed by atoms with Gasteiger partial charge in [0.1, 0.15) is 0 Å². The Kier molecular flexibility index (Phi) is 7.07. The first kappa shape index (κ1) is 17.5. The van der Waals surface area contributed by atoms with Crippen molar-refractivity contribution in [2.45, 2.75) is 38.2 Å². The number of benzene rings is 1. The molecule has 0 spiro atoms. The summed E-state index contributed by atoms with van der Waals surface area (Å²) >= 11 is 0. The minimum Gasteiger partial charge on any atom is -0.469 e. The number of nitrogens with zero attached hydrogens (tertiary/aromatic N) is 1. The number of carbonyl (C=O) groups excluding carboxylic acids is 2. The lowest BCUT2D eigenvalue weighted by Crippen LogP contribution is -2.39. The van der Waals surface area contributed by atoms with Crippen LogP contribution in [0.1, 0.15) is 31.2 Å². The first-order valence-electron chi connectivity index (χ1n) is 8.19. The number of methoxy groups -OCH3 is 1. The van der Waals surface area contributed by atoms with Crippen LogP contribution in [0.5, 0.6) is 0 Å². The molecule has 0 aliphatic carbocycles. The van der Waals surface area contributed by atoms with E-state index < -0.39 is 0 Å². The van der Waals surface area contributed by atoms with E-state index in [1.54, 1.807) is 4.90 Å². The minimum atomic E-state index is -0.293. The van der Waals surface area contributed by atoms with Gasteiger partial charge in [0.15, 0.2) is 0 Å². The van der Waals surface area contributed by atoms with Gasteiger partial charge in [0.05, 0.1) is 19.6 Å². The van der Waals surface area contributed by atoms with Crippen LogP contribution in [0.4, 0.5) is 0 Å². The van der Waals surface area contributed by atoms with Crippen molar-refractivity contribution >= 4 is 11.9 Å². The molecule has 1 fully saturated rings. The lowest BCUT2D eigenvalue weighted by atomic mass is 10.1. The van der Waals surface area contributed by atoms with E-state index in [1.165, 1.54) is 7.11 Å². The molecule has 0 radical (unpaired) electrons. The normalized spacial score (nSPS) is 17.0.